The normalized spacial score (nSPS) is 11.3. The summed E-state index contributed by atoms with van der Waals surface area (Å²) in [5, 5.41) is 13.6. The molecule has 0 saturated heterocycles. The van der Waals surface area contributed by atoms with Crippen LogP contribution in [0.1, 0.15) is 11.1 Å². The Hall–Kier alpha value is -3.48. The van der Waals surface area contributed by atoms with Crippen molar-refractivity contribution < 1.29 is 37.8 Å². The highest BCUT2D eigenvalue weighted by Gasteiger charge is 2.29. The number of aliphatic carboxylic acids is 1. The molecule has 0 aliphatic rings. The minimum absolute atomic E-state index is 0.336. The Morgan fingerprint density at radius 3 is 2.36 bits per heavy atom. The minimum Gasteiger partial charge on any atom is -0.474 e. The molecule has 14 heteroatoms. The summed E-state index contributed by atoms with van der Waals surface area (Å²) in [4.78, 5) is 28.9. The number of carbonyl (C=O) groups excluding carboxylic acids is 1. The molecule has 0 fully saturated rings. The van der Waals surface area contributed by atoms with E-state index < -0.39 is 25.6 Å². The van der Waals surface area contributed by atoms with Gasteiger partial charge < -0.3 is 15.3 Å². The molecule has 0 bridgehead atoms. The van der Waals surface area contributed by atoms with Crippen molar-refractivity contribution in [1.29, 1.82) is 0 Å². The van der Waals surface area contributed by atoms with Gasteiger partial charge in [0.05, 0.1) is 18.4 Å². The van der Waals surface area contributed by atoms with E-state index in [0.717, 1.165) is 16.8 Å². The van der Waals surface area contributed by atoms with E-state index in [1.165, 1.54) is 11.3 Å². The smallest absolute Gasteiger partial charge is 0.399 e. The first-order valence-electron chi connectivity index (χ1n) is 11.1. The standard InChI is InChI=1S/C25H19BrF2N3O6PS/c26-21-12-16(6-7-18(21)14-38(35,36-27)37-28)13-31(20-4-2-1-3-5-20)25-30-22(15-39-25)17-8-10-19(11-9-17)29-23(32)24(33)34/h1-12,15H,13-14H2,(H,29,32)(H,33,34). The van der Waals surface area contributed by atoms with Crippen molar-refractivity contribution in [3.8, 4) is 11.3 Å². The first kappa shape index (κ1) is 28.5. The van der Waals surface area contributed by atoms with Gasteiger partial charge in [-0.25, -0.2) is 9.78 Å². The van der Waals surface area contributed by atoms with E-state index in [9.17, 15) is 23.2 Å². The Morgan fingerprint density at radius 1 is 1.05 bits per heavy atom. The van der Waals surface area contributed by atoms with Crippen LogP contribution < -0.4 is 10.2 Å². The topological polar surface area (TPSA) is 118 Å². The number of halogens is 3. The maximum atomic E-state index is 12.5. The minimum atomic E-state index is -4.54. The molecule has 9 nitrogen and oxygen atoms in total. The molecule has 1 aromatic heterocycles. The lowest BCUT2D eigenvalue weighted by Crippen LogP contribution is -2.21. The molecular weight excluding hydrogens is 619 g/mol. The molecule has 1 heterocycles. The monoisotopic (exact) mass is 637 g/mol. The molecule has 202 valence electrons. The van der Waals surface area contributed by atoms with Crippen molar-refractivity contribution in [3.63, 3.8) is 0 Å². The second-order valence-corrected chi connectivity index (χ2v) is 11.6. The van der Waals surface area contributed by atoms with Crippen LogP contribution in [-0.4, -0.2) is 22.0 Å². The Labute approximate surface area is 233 Å². The van der Waals surface area contributed by atoms with Gasteiger partial charge in [0, 0.05) is 26.8 Å². The first-order chi connectivity index (χ1) is 18.7. The summed E-state index contributed by atoms with van der Waals surface area (Å²) in [5.41, 5.74) is 3.81. The van der Waals surface area contributed by atoms with Gasteiger partial charge in [-0.15, -0.1) is 20.8 Å². The van der Waals surface area contributed by atoms with Crippen LogP contribution in [0.15, 0.2) is 82.6 Å². The fourth-order valence-corrected chi connectivity index (χ4v) is 6.02. The van der Waals surface area contributed by atoms with Gasteiger partial charge in [0.25, 0.3) is 0 Å². The summed E-state index contributed by atoms with van der Waals surface area (Å²) < 4.78 is 43.8. The highest BCUT2D eigenvalue weighted by molar-refractivity contribution is 9.10. The molecule has 39 heavy (non-hydrogen) atoms. The number of hydrogen-bond acceptors (Lipinski definition) is 8. The Balaban J connectivity index is 1.58. The number of rotatable bonds is 10. The Morgan fingerprint density at radius 2 is 1.74 bits per heavy atom. The maximum Gasteiger partial charge on any atom is 0.399 e. The van der Waals surface area contributed by atoms with Gasteiger partial charge in [-0.1, -0.05) is 58.4 Å². The number of aromatic nitrogens is 1. The van der Waals surface area contributed by atoms with Gasteiger partial charge >= 0.3 is 19.5 Å². The number of para-hydroxylation sites is 1. The Bertz CT molecular complexity index is 1520. The molecule has 0 spiro atoms. The third-order valence-corrected chi connectivity index (χ3v) is 8.21. The predicted octanol–water partition coefficient (Wildman–Crippen LogP) is 7.43. The van der Waals surface area contributed by atoms with E-state index >= 15 is 0 Å². The van der Waals surface area contributed by atoms with E-state index in [1.54, 1.807) is 42.5 Å². The van der Waals surface area contributed by atoms with E-state index in [1.807, 2.05) is 40.6 Å². The average Bonchev–Trinajstić information content (AvgIpc) is 3.44. The van der Waals surface area contributed by atoms with Crippen LogP contribution in [0.4, 0.5) is 25.6 Å². The molecule has 3 aromatic carbocycles. The molecule has 0 saturated carbocycles. The van der Waals surface area contributed by atoms with E-state index in [0.29, 0.717) is 33.1 Å². The lowest BCUT2D eigenvalue weighted by molar-refractivity contribution is -0.147. The van der Waals surface area contributed by atoms with Crippen molar-refractivity contribution in [2.75, 3.05) is 10.2 Å². The molecule has 0 aliphatic heterocycles. The summed E-state index contributed by atoms with van der Waals surface area (Å²) in [6, 6.07) is 21.2. The van der Waals surface area contributed by atoms with Gasteiger partial charge in [-0.2, -0.15) is 0 Å². The molecule has 0 radical (unpaired) electrons. The number of carbonyl (C=O) groups is 2. The van der Waals surface area contributed by atoms with Crippen LogP contribution in [0.25, 0.3) is 11.3 Å². The van der Waals surface area contributed by atoms with Gasteiger partial charge in [0.1, 0.15) is 0 Å². The maximum absolute atomic E-state index is 12.5. The van der Waals surface area contributed by atoms with E-state index in [-0.39, 0.29) is 0 Å². The van der Waals surface area contributed by atoms with Gasteiger partial charge in [-0.3, -0.25) is 9.36 Å². The van der Waals surface area contributed by atoms with Crippen molar-refractivity contribution in [2.24, 2.45) is 0 Å². The zero-order valence-electron chi connectivity index (χ0n) is 19.8. The SMILES string of the molecule is O=C(O)C(=O)Nc1ccc(-c2csc(N(Cc3ccc(CP(=O)(OF)OF)c(Br)c3)c3ccccc3)n2)cc1. The highest BCUT2D eigenvalue weighted by Crippen LogP contribution is 2.53. The summed E-state index contributed by atoms with van der Waals surface area (Å²) in [7, 11) is -4.54. The molecule has 0 aliphatic carbocycles. The van der Waals surface area contributed by atoms with Crippen molar-refractivity contribution in [1.82, 2.24) is 4.98 Å². The lowest BCUT2D eigenvalue weighted by Gasteiger charge is -2.22. The molecule has 0 atom stereocenters. The molecule has 0 unspecified atom stereocenters. The number of nitrogens with zero attached hydrogens (tertiary/aromatic N) is 2. The average molecular weight is 638 g/mol. The van der Waals surface area contributed by atoms with Crippen LogP contribution in [0.3, 0.4) is 0 Å². The number of benzene rings is 3. The zero-order valence-corrected chi connectivity index (χ0v) is 23.1. The third kappa shape index (κ3) is 7.14. The number of amides is 1. The second kappa shape index (κ2) is 12.6. The fourth-order valence-electron chi connectivity index (χ4n) is 3.58. The molecular formula is C25H19BrF2N3O6PS. The van der Waals surface area contributed by atoms with Gasteiger partial charge in [0.15, 0.2) is 5.13 Å². The van der Waals surface area contributed by atoms with E-state index in [2.05, 4.69) is 30.7 Å². The van der Waals surface area contributed by atoms with Crippen LogP contribution in [-0.2, 0) is 36.3 Å². The summed E-state index contributed by atoms with van der Waals surface area (Å²) in [5.74, 6) is -2.70. The largest absolute Gasteiger partial charge is 0.474 e. The van der Waals surface area contributed by atoms with Crippen LogP contribution in [0, 0.1) is 0 Å². The second-order valence-electron chi connectivity index (χ2n) is 8.11. The number of carboxylic acids is 1. The van der Waals surface area contributed by atoms with Crippen LogP contribution in [0.2, 0.25) is 0 Å². The zero-order chi connectivity index (χ0) is 28.0. The van der Waals surface area contributed by atoms with Crippen LogP contribution >= 0.6 is 34.9 Å². The number of nitrogens with one attached hydrogen (secondary N) is 1. The Kier molecular flexibility index (Phi) is 9.20. The summed E-state index contributed by atoms with van der Waals surface area (Å²) in [6.45, 7) is 0.382. The molecule has 4 aromatic rings. The van der Waals surface area contributed by atoms with Crippen molar-refractivity contribution in [2.45, 2.75) is 12.7 Å². The molecule has 4 rings (SSSR count). The van der Waals surface area contributed by atoms with Crippen molar-refractivity contribution >= 4 is 63.2 Å². The predicted molar refractivity (Wildman–Crippen MR) is 146 cm³/mol. The number of carboxylic acid groups (broad SMARTS) is 1. The molecule has 2 N–H and O–H groups in total. The van der Waals surface area contributed by atoms with Gasteiger partial charge in [-0.05, 0) is 50.5 Å². The summed E-state index contributed by atoms with van der Waals surface area (Å²) in [6.07, 6.45) is -0.599. The fraction of sp³-hybridized carbons (Fsp3) is 0.0800. The number of anilines is 3. The highest BCUT2D eigenvalue weighted by atomic mass is 79.9. The van der Waals surface area contributed by atoms with Crippen LogP contribution in [0.5, 0.6) is 0 Å². The van der Waals surface area contributed by atoms with Crippen molar-refractivity contribution in [3.05, 3.63) is 93.8 Å². The summed E-state index contributed by atoms with van der Waals surface area (Å²) >= 11 is 4.77. The van der Waals surface area contributed by atoms with Gasteiger partial charge in [0.2, 0.25) is 0 Å². The number of hydrogen-bond donors (Lipinski definition) is 2. The number of thiazole rings is 1. The lowest BCUT2D eigenvalue weighted by atomic mass is 10.1. The first-order valence-corrected chi connectivity index (χ1v) is 14.5. The quantitative estimate of drug-likeness (QED) is 0.136. The van der Waals surface area contributed by atoms with E-state index in [4.69, 9.17) is 10.1 Å². The molecule has 1 amide bonds. The third-order valence-electron chi connectivity index (χ3n) is 5.46.